The van der Waals surface area contributed by atoms with Crippen LogP contribution in [0.25, 0.3) is 0 Å². The van der Waals surface area contributed by atoms with Gasteiger partial charge in [0.2, 0.25) is 0 Å². The molecular formula is C22H25FN4O2. The Kier molecular flexibility index (Phi) is 6.59. The van der Waals surface area contributed by atoms with E-state index in [1.54, 1.807) is 12.1 Å². The zero-order valence-corrected chi connectivity index (χ0v) is 16.6. The molecule has 1 unspecified atom stereocenters. The molecular weight excluding hydrogens is 371 g/mol. The highest BCUT2D eigenvalue weighted by Crippen LogP contribution is 2.23. The quantitative estimate of drug-likeness (QED) is 0.740. The van der Waals surface area contributed by atoms with Gasteiger partial charge < -0.3 is 10.6 Å². The molecule has 1 heterocycles. The molecule has 2 N–H and O–H groups in total. The van der Waals surface area contributed by atoms with Gasteiger partial charge in [-0.2, -0.15) is 5.10 Å². The average molecular weight is 396 g/mol. The number of hydrogen-bond donors (Lipinski definition) is 2. The van der Waals surface area contributed by atoms with E-state index in [-0.39, 0.29) is 24.1 Å². The molecule has 6 nitrogen and oxygen atoms in total. The van der Waals surface area contributed by atoms with E-state index in [0.717, 1.165) is 16.8 Å². The fourth-order valence-electron chi connectivity index (χ4n) is 3.32. The lowest BCUT2D eigenvalue weighted by atomic mass is 9.97. The second kappa shape index (κ2) is 9.32. The van der Waals surface area contributed by atoms with E-state index in [4.69, 9.17) is 0 Å². The Bertz CT molecular complexity index is 929. The van der Waals surface area contributed by atoms with Crippen molar-refractivity contribution < 1.29 is 14.0 Å². The molecule has 0 aromatic heterocycles. The molecule has 2 aromatic rings. The third-order valence-corrected chi connectivity index (χ3v) is 4.99. The number of aryl methyl sites for hydroxylation is 1. The highest BCUT2D eigenvalue weighted by molar-refractivity contribution is 6.07. The van der Waals surface area contributed by atoms with E-state index < -0.39 is 11.8 Å². The maximum Gasteiger partial charge on any atom is 0.319 e. The van der Waals surface area contributed by atoms with Gasteiger partial charge in [-0.1, -0.05) is 43.3 Å². The Morgan fingerprint density at radius 2 is 1.90 bits per heavy atom. The van der Waals surface area contributed by atoms with Crippen LogP contribution in [0.4, 0.5) is 14.9 Å². The Balaban J connectivity index is 1.54. The second-order valence-corrected chi connectivity index (χ2v) is 6.97. The highest BCUT2D eigenvalue weighted by Gasteiger charge is 2.34. The van der Waals surface area contributed by atoms with Crippen LogP contribution in [-0.4, -0.2) is 29.2 Å². The fraction of sp³-hybridized carbons (Fsp3) is 0.318. The predicted molar refractivity (Wildman–Crippen MR) is 111 cm³/mol. The number of halogens is 1. The summed E-state index contributed by atoms with van der Waals surface area (Å²) in [5.41, 5.74) is 3.11. The lowest BCUT2D eigenvalue weighted by Gasteiger charge is -2.16. The second-order valence-electron chi connectivity index (χ2n) is 6.97. The van der Waals surface area contributed by atoms with E-state index in [9.17, 15) is 14.0 Å². The number of carbonyl (C=O) groups excluding carboxylic acids is 2. The van der Waals surface area contributed by atoms with Crippen molar-refractivity contribution in [3.05, 3.63) is 65.5 Å². The summed E-state index contributed by atoms with van der Waals surface area (Å²) in [6.45, 7) is 4.70. The van der Waals surface area contributed by atoms with Crippen LogP contribution in [0, 0.1) is 18.7 Å². The van der Waals surface area contributed by atoms with Crippen molar-refractivity contribution in [3.8, 4) is 0 Å². The monoisotopic (exact) mass is 396 g/mol. The molecule has 3 rings (SSSR count). The number of rotatable bonds is 7. The molecule has 3 amide bonds. The van der Waals surface area contributed by atoms with Crippen molar-refractivity contribution >= 4 is 23.3 Å². The van der Waals surface area contributed by atoms with E-state index in [1.807, 2.05) is 38.1 Å². The Labute approximate surface area is 169 Å². The molecule has 1 atom stereocenters. The van der Waals surface area contributed by atoms with Crippen LogP contribution in [0.5, 0.6) is 0 Å². The third-order valence-electron chi connectivity index (χ3n) is 4.99. The van der Waals surface area contributed by atoms with Gasteiger partial charge in [0.05, 0.1) is 23.9 Å². The Morgan fingerprint density at radius 3 is 2.62 bits per heavy atom. The minimum Gasteiger partial charge on any atom is -0.338 e. The van der Waals surface area contributed by atoms with Crippen LogP contribution in [0.2, 0.25) is 0 Å². The normalized spacial score (nSPS) is 16.0. The van der Waals surface area contributed by atoms with Crippen molar-refractivity contribution in [2.75, 3.05) is 11.9 Å². The van der Waals surface area contributed by atoms with Crippen molar-refractivity contribution in [2.45, 2.75) is 33.2 Å². The van der Waals surface area contributed by atoms with Crippen LogP contribution in [0.15, 0.2) is 53.6 Å². The van der Waals surface area contributed by atoms with Gasteiger partial charge in [-0.3, -0.25) is 4.79 Å². The lowest BCUT2D eigenvalue weighted by Crippen LogP contribution is -2.34. The summed E-state index contributed by atoms with van der Waals surface area (Å²) in [7, 11) is 0. The minimum absolute atomic E-state index is 0.0542. The summed E-state index contributed by atoms with van der Waals surface area (Å²) in [5, 5.41) is 11.2. The number of amides is 3. The number of urea groups is 1. The minimum atomic E-state index is -0.507. The standard InChI is InChI=1S/C22H25FN4O2/c1-3-19-17(12-13-24-22(29)25-20-11-7-6-10-18(20)23)21(28)27(26-19)14-16-9-5-4-8-15(16)2/h4-11,17H,3,12-14H2,1-2H3,(H2,24,25,29). The van der Waals surface area contributed by atoms with E-state index in [1.165, 1.54) is 17.1 Å². The summed E-state index contributed by atoms with van der Waals surface area (Å²) in [5.74, 6) is -0.903. The van der Waals surface area contributed by atoms with Crippen molar-refractivity contribution in [2.24, 2.45) is 11.0 Å². The number of nitrogens with zero attached hydrogens (tertiary/aromatic N) is 2. The molecule has 0 aliphatic carbocycles. The molecule has 152 valence electrons. The fourth-order valence-corrected chi connectivity index (χ4v) is 3.32. The van der Waals surface area contributed by atoms with Gasteiger partial charge in [0.15, 0.2) is 0 Å². The third kappa shape index (κ3) is 4.99. The molecule has 0 fully saturated rings. The number of hydrazone groups is 1. The molecule has 29 heavy (non-hydrogen) atoms. The highest BCUT2D eigenvalue weighted by atomic mass is 19.1. The first kappa shape index (κ1) is 20.5. The number of benzene rings is 2. The number of anilines is 1. The summed E-state index contributed by atoms with van der Waals surface area (Å²) in [4.78, 5) is 24.8. The largest absolute Gasteiger partial charge is 0.338 e. The van der Waals surface area contributed by atoms with Crippen LogP contribution in [0.3, 0.4) is 0 Å². The van der Waals surface area contributed by atoms with Gasteiger partial charge in [-0.15, -0.1) is 0 Å². The van der Waals surface area contributed by atoms with Gasteiger partial charge in [0.25, 0.3) is 5.91 Å². The topological polar surface area (TPSA) is 73.8 Å². The number of carbonyl (C=O) groups is 2. The Hall–Kier alpha value is -3.22. The smallest absolute Gasteiger partial charge is 0.319 e. The van der Waals surface area contributed by atoms with E-state index in [0.29, 0.717) is 19.4 Å². The van der Waals surface area contributed by atoms with Crippen LogP contribution < -0.4 is 10.6 Å². The van der Waals surface area contributed by atoms with Crippen LogP contribution in [0.1, 0.15) is 30.9 Å². The molecule has 1 aliphatic rings. The first-order valence-electron chi connectivity index (χ1n) is 9.72. The van der Waals surface area contributed by atoms with Crippen molar-refractivity contribution in [1.82, 2.24) is 10.3 Å². The molecule has 2 aromatic carbocycles. The zero-order valence-electron chi connectivity index (χ0n) is 16.6. The van der Waals surface area contributed by atoms with Crippen molar-refractivity contribution in [1.29, 1.82) is 0 Å². The van der Waals surface area contributed by atoms with E-state index >= 15 is 0 Å². The molecule has 0 bridgehead atoms. The predicted octanol–water partition coefficient (Wildman–Crippen LogP) is 4.07. The number of nitrogens with one attached hydrogen (secondary N) is 2. The van der Waals surface area contributed by atoms with E-state index in [2.05, 4.69) is 15.7 Å². The maximum atomic E-state index is 13.6. The molecule has 0 saturated carbocycles. The van der Waals surface area contributed by atoms with Gasteiger partial charge in [0.1, 0.15) is 5.82 Å². The van der Waals surface area contributed by atoms with Gasteiger partial charge in [-0.05, 0) is 43.0 Å². The van der Waals surface area contributed by atoms with Gasteiger partial charge >= 0.3 is 6.03 Å². The summed E-state index contributed by atoms with van der Waals surface area (Å²) < 4.78 is 13.6. The molecule has 7 heteroatoms. The SMILES string of the molecule is CCC1=NN(Cc2ccccc2C)C(=O)C1CCNC(=O)Nc1ccccc1F. The lowest BCUT2D eigenvalue weighted by molar-refractivity contribution is -0.132. The van der Waals surface area contributed by atoms with Gasteiger partial charge in [0, 0.05) is 6.54 Å². The van der Waals surface area contributed by atoms with Crippen LogP contribution in [-0.2, 0) is 11.3 Å². The first-order chi connectivity index (χ1) is 14.0. The molecule has 0 saturated heterocycles. The zero-order chi connectivity index (χ0) is 20.8. The number of para-hydroxylation sites is 1. The van der Waals surface area contributed by atoms with Crippen molar-refractivity contribution in [3.63, 3.8) is 0 Å². The number of hydrogen-bond acceptors (Lipinski definition) is 3. The Morgan fingerprint density at radius 1 is 1.17 bits per heavy atom. The molecule has 0 spiro atoms. The molecule has 0 radical (unpaired) electrons. The molecule has 1 aliphatic heterocycles. The summed E-state index contributed by atoms with van der Waals surface area (Å²) in [6, 6.07) is 13.4. The maximum absolute atomic E-state index is 13.6. The van der Waals surface area contributed by atoms with Gasteiger partial charge in [-0.25, -0.2) is 14.2 Å². The van der Waals surface area contributed by atoms with Crippen LogP contribution >= 0.6 is 0 Å². The first-order valence-corrected chi connectivity index (χ1v) is 9.72. The summed E-state index contributed by atoms with van der Waals surface area (Å²) in [6.07, 6.45) is 1.11. The summed E-state index contributed by atoms with van der Waals surface area (Å²) >= 11 is 0. The average Bonchev–Trinajstić information content (AvgIpc) is 3.00.